The van der Waals surface area contributed by atoms with Crippen molar-refractivity contribution >= 4 is 16.9 Å². The number of ether oxygens (including phenoxy) is 2. The second kappa shape index (κ2) is 9.50. The van der Waals surface area contributed by atoms with Crippen LogP contribution in [0.3, 0.4) is 0 Å². The summed E-state index contributed by atoms with van der Waals surface area (Å²) in [7, 11) is 0. The van der Waals surface area contributed by atoms with Crippen molar-refractivity contribution in [3.05, 3.63) is 53.4 Å². The third-order valence-corrected chi connectivity index (χ3v) is 5.30. The fourth-order valence-corrected chi connectivity index (χ4v) is 3.56. The number of aliphatic hydroxyl groups excluding tert-OH is 1. The number of hydrogen-bond acceptors (Lipinski definition) is 6. The van der Waals surface area contributed by atoms with Gasteiger partial charge in [0, 0.05) is 25.2 Å². The molecule has 0 amide bonds. The Morgan fingerprint density at radius 1 is 1.30 bits per heavy atom. The predicted molar refractivity (Wildman–Crippen MR) is 114 cm³/mol. The molecule has 3 heterocycles. The highest BCUT2D eigenvalue weighted by Gasteiger charge is 2.33. The van der Waals surface area contributed by atoms with Crippen molar-refractivity contribution in [2.75, 3.05) is 19.8 Å². The van der Waals surface area contributed by atoms with E-state index in [0.29, 0.717) is 30.3 Å². The molecule has 1 aliphatic rings. The lowest BCUT2D eigenvalue weighted by Gasteiger charge is -2.26. The molecule has 0 fully saturated rings. The summed E-state index contributed by atoms with van der Waals surface area (Å²) in [6, 6.07) is 5.82. The molecule has 1 aromatic carbocycles. The molecule has 2 N–H and O–H groups in total. The van der Waals surface area contributed by atoms with E-state index in [1.54, 1.807) is 6.20 Å². The first kappa shape index (κ1) is 22.6. The largest absolute Gasteiger partial charge is 0.477 e. The molecule has 33 heavy (non-hydrogen) atoms. The Balaban J connectivity index is 1.56. The maximum Gasteiger partial charge on any atom is 0.198 e. The van der Waals surface area contributed by atoms with Crippen LogP contribution in [-0.2, 0) is 17.6 Å². The van der Waals surface area contributed by atoms with Gasteiger partial charge < -0.3 is 19.6 Å². The fraction of sp³-hybridized carbons (Fsp3) is 0.348. The molecule has 172 valence electrons. The number of benzene rings is 1. The maximum absolute atomic E-state index is 14.8. The molecule has 2 aromatic heterocycles. The maximum atomic E-state index is 14.8. The number of rotatable bonds is 8. The number of alkyl halides is 1. The van der Waals surface area contributed by atoms with E-state index < -0.39 is 29.7 Å². The molecule has 0 spiro atoms. The van der Waals surface area contributed by atoms with Gasteiger partial charge in [0.1, 0.15) is 18.0 Å². The van der Waals surface area contributed by atoms with Crippen LogP contribution in [0.1, 0.15) is 24.0 Å². The first-order chi connectivity index (χ1) is 15.9. The number of unbranched alkanes of at least 4 members (excludes halogenated alkanes) is 1. The highest BCUT2D eigenvalue weighted by Crippen LogP contribution is 2.35. The van der Waals surface area contributed by atoms with E-state index in [9.17, 15) is 13.2 Å². The van der Waals surface area contributed by atoms with Crippen LogP contribution in [-0.4, -0.2) is 46.4 Å². The van der Waals surface area contributed by atoms with E-state index in [1.807, 2.05) is 0 Å². The van der Waals surface area contributed by atoms with Gasteiger partial charge in [-0.05, 0) is 42.2 Å². The zero-order valence-electron chi connectivity index (χ0n) is 17.6. The van der Waals surface area contributed by atoms with E-state index in [0.717, 1.165) is 17.7 Å². The standard InChI is InChI=1S/C23H21F3N4O3/c24-16-7-14(9-19-30-11-23(26,12-31)13-32-19)8-17(25)21(16)33-18-4-6-28-22-20(18)15(10-29-22)3-1-2-5-27/h4,6-8,10,31H,1-3,9,11-13H2,(H,28,29). The first-order valence-electron chi connectivity index (χ1n) is 10.4. The Kier molecular flexibility index (Phi) is 6.51. The van der Waals surface area contributed by atoms with E-state index in [1.165, 1.54) is 12.3 Å². The molecule has 1 atom stereocenters. The number of hydrogen-bond donors (Lipinski definition) is 2. The number of nitriles is 1. The quantitative estimate of drug-likeness (QED) is 0.494. The molecule has 0 radical (unpaired) electrons. The summed E-state index contributed by atoms with van der Waals surface area (Å²) in [6.07, 6.45) is 4.77. The summed E-state index contributed by atoms with van der Waals surface area (Å²) in [5.41, 5.74) is -0.361. The molecular weight excluding hydrogens is 437 g/mol. The third-order valence-electron chi connectivity index (χ3n) is 5.30. The van der Waals surface area contributed by atoms with Crippen molar-refractivity contribution in [3.63, 3.8) is 0 Å². The normalized spacial score (nSPS) is 18.0. The second-order valence-corrected chi connectivity index (χ2v) is 7.83. The number of aliphatic hydroxyl groups is 1. The minimum atomic E-state index is -1.95. The smallest absolute Gasteiger partial charge is 0.198 e. The number of halogens is 3. The van der Waals surface area contributed by atoms with E-state index in [4.69, 9.17) is 19.8 Å². The van der Waals surface area contributed by atoms with Crippen LogP contribution in [0.2, 0.25) is 0 Å². The van der Waals surface area contributed by atoms with E-state index >= 15 is 0 Å². The van der Waals surface area contributed by atoms with Crippen molar-refractivity contribution < 1.29 is 27.8 Å². The molecule has 1 aliphatic heterocycles. The molecule has 0 saturated carbocycles. The Bertz CT molecular complexity index is 1210. The van der Waals surface area contributed by atoms with Gasteiger partial charge in [0.05, 0.1) is 24.6 Å². The Hall–Kier alpha value is -3.58. The number of aliphatic imine (C=N–C) groups is 1. The minimum absolute atomic E-state index is 0.0318. The van der Waals surface area contributed by atoms with Crippen LogP contribution in [0.5, 0.6) is 11.5 Å². The van der Waals surface area contributed by atoms with Gasteiger partial charge in [0.15, 0.2) is 29.0 Å². The molecule has 1 unspecified atom stereocenters. The highest BCUT2D eigenvalue weighted by atomic mass is 19.1. The van der Waals surface area contributed by atoms with Crippen LogP contribution in [0.15, 0.2) is 35.6 Å². The van der Waals surface area contributed by atoms with Crippen LogP contribution in [0.25, 0.3) is 11.0 Å². The van der Waals surface area contributed by atoms with Crippen molar-refractivity contribution in [1.29, 1.82) is 5.26 Å². The van der Waals surface area contributed by atoms with Gasteiger partial charge in [-0.3, -0.25) is 4.99 Å². The number of fused-ring (bicyclic) bond motifs is 1. The number of aromatic nitrogens is 2. The Morgan fingerprint density at radius 3 is 2.76 bits per heavy atom. The monoisotopic (exact) mass is 458 g/mol. The van der Waals surface area contributed by atoms with Gasteiger partial charge in [0.2, 0.25) is 0 Å². The van der Waals surface area contributed by atoms with Crippen molar-refractivity contribution in [2.45, 2.75) is 31.4 Å². The number of aryl methyl sites for hydroxylation is 1. The number of nitrogens with zero attached hydrogens (tertiary/aromatic N) is 3. The fourth-order valence-electron chi connectivity index (χ4n) is 3.56. The van der Waals surface area contributed by atoms with Crippen LogP contribution in [0.4, 0.5) is 13.2 Å². The van der Waals surface area contributed by atoms with Crippen molar-refractivity contribution in [2.24, 2.45) is 4.99 Å². The summed E-state index contributed by atoms with van der Waals surface area (Å²) in [5.74, 6) is -2.02. The number of nitrogens with one attached hydrogen (secondary N) is 1. The van der Waals surface area contributed by atoms with Gasteiger partial charge >= 0.3 is 0 Å². The summed E-state index contributed by atoms with van der Waals surface area (Å²) in [6.45, 7) is -1.38. The van der Waals surface area contributed by atoms with Crippen LogP contribution in [0, 0.1) is 23.0 Å². The zero-order valence-corrected chi connectivity index (χ0v) is 17.6. The Morgan fingerprint density at radius 2 is 2.09 bits per heavy atom. The Labute approximate surface area is 187 Å². The van der Waals surface area contributed by atoms with Gasteiger partial charge in [-0.1, -0.05) is 0 Å². The average Bonchev–Trinajstić information content (AvgIpc) is 3.22. The minimum Gasteiger partial charge on any atom is -0.477 e. The first-order valence-corrected chi connectivity index (χ1v) is 10.4. The van der Waals surface area contributed by atoms with Crippen LogP contribution < -0.4 is 4.74 Å². The van der Waals surface area contributed by atoms with Gasteiger partial charge in [-0.2, -0.15) is 5.26 Å². The van der Waals surface area contributed by atoms with Gasteiger partial charge in [-0.15, -0.1) is 0 Å². The van der Waals surface area contributed by atoms with Gasteiger partial charge in [-0.25, -0.2) is 18.2 Å². The topological polar surface area (TPSA) is 104 Å². The van der Waals surface area contributed by atoms with E-state index in [-0.39, 0.29) is 36.8 Å². The van der Waals surface area contributed by atoms with Crippen LogP contribution >= 0.6 is 0 Å². The average molecular weight is 458 g/mol. The number of H-pyrrole nitrogens is 1. The molecule has 0 aliphatic carbocycles. The SMILES string of the molecule is N#CCCCc1c[nH]c2nccc(Oc3c(F)cc(CC4=NCC(F)(CO)CO4)cc3F)c12. The molecular formula is C23H21F3N4O3. The number of aromatic amines is 1. The number of pyridine rings is 1. The molecule has 3 aromatic rings. The van der Waals surface area contributed by atoms with Gasteiger partial charge in [0.25, 0.3) is 0 Å². The summed E-state index contributed by atoms with van der Waals surface area (Å²) in [4.78, 5) is 11.1. The molecule has 4 rings (SSSR count). The molecule has 7 nitrogen and oxygen atoms in total. The lowest BCUT2D eigenvalue weighted by Crippen LogP contribution is -2.42. The third kappa shape index (κ3) is 4.93. The predicted octanol–water partition coefficient (Wildman–Crippen LogP) is 4.15. The molecule has 10 heteroatoms. The summed E-state index contributed by atoms with van der Waals surface area (Å²) in [5, 5.41) is 18.4. The van der Waals surface area contributed by atoms with E-state index in [2.05, 4.69) is 21.0 Å². The second-order valence-electron chi connectivity index (χ2n) is 7.83. The van der Waals surface area contributed by atoms with Crippen molar-refractivity contribution in [3.8, 4) is 17.6 Å². The summed E-state index contributed by atoms with van der Waals surface area (Å²) >= 11 is 0. The highest BCUT2D eigenvalue weighted by molar-refractivity contribution is 5.86. The molecule has 0 saturated heterocycles. The molecule has 0 bridgehead atoms. The lowest BCUT2D eigenvalue weighted by atomic mass is 10.1. The van der Waals surface area contributed by atoms with Crippen molar-refractivity contribution in [1.82, 2.24) is 9.97 Å². The summed E-state index contributed by atoms with van der Waals surface area (Å²) < 4.78 is 54.4. The zero-order chi connectivity index (χ0) is 23.4. The lowest BCUT2D eigenvalue weighted by molar-refractivity contribution is 0.0171.